The Kier molecular flexibility index (Phi) is 5.44. The van der Waals surface area contributed by atoms with Gasteiger partial charge in [0.25, 0.3) is 5.91 Å². The fourth-order valence-electron chi connectivity index (χ4n) is 3.74. The Bertz CT molecular complexity index is 756. The molecule has 6 heteroatoms. The minimum absolute atomic E-state index is 0.0584. The Morgan fingerprint density at radius 1 is 1.23 bits per heavy atom. The number of rotatable bonds is 4. The maximum atomic E-state index is 12.9. The molecule has 1 aromatic carbocycles. The Hall–Kier alpha value is -2.18. The number of carbonyl (C=O) groups excluding carboxylic acids is 1. The van der Waals surface area contributed by atoms with Crippen molar-refractivity contribution in [2.45, 2.75) is 24.9 Å². The van der Waals surface area contributed by atoms with Crippen LogP contribution < -0.4 is 0 Å². The van der Waals surface area contributed by atoms with Crippen molar-refractivity contribution in [3.8, 4) is 11.3 Å². The summed E-state index contributed by atoms with van der Waals surface area (Å²) in [7, 11) is 5.78. The molecule has 2 aromatic rings. The summed E-state index contributed by atoms with van der Waals surface area (Å²) in [6.07, 6.45) is 2.11. The molecule has 2 heterocycles. The SMILES string of the molecule is CN(C)CC1(O)CCCN(C(=O)c2cc(-c3ccccc3)n(C)n2)CC1. The van der Waals surface area contributed by atoms with Crippen LogP contribution in [0.4, 0.5) is 0 Å². The quantitative estimate of drug-likeness (QED) is 0.910. The summed E-state index contributed by atoms with van der Waals surface area (Å²) in [5.74, 6) is -0.0584. The van der Waals surface area contributed by atoms with Crippen LogP contribution in [0.2, 0.25) is 0 Å². The minimum atomic E-state index is -0.724. The third-order valence-corrected chi connectivity index (χ3v) is 4.98. The van der Waals surface area contributed by atoms with Crippen molar-refractivity contribution in [1.29, 1.82) is 0 Å². The van der Waals surface area contributed by atoms with Gasteiger partial charge in [-0.25, -0.2) is 0 Å². The van der Waals surface area contributed by atoms with Crippen molar-refractivity contribution < 1.29 is 9.90 Å². The molecule has 1 unspecified atom stereocenters. The van der Waals surface area contributed by atoms with Gasteiger partial charge in [0.15, 0.2) is 5.69 Å². The molecule has 0 bridgehead atoms. The number of aliphatic hydroxyl groups is 1. The van der Waals surface area contributed by atoms with E-state index in [-0.39, 0.29) is 5.91 Å². The largest absolute Gasteiger partial charge is 0.388 e. The third kappa shape index (κ3) is 4.14. The lowest BCUT2D eigenvalue weighted by Gasteiger charge is -2.29. The zero-order valence-electron chi connectivity index (χ0n) is 15.9. The van der Waals surface area contributed by atoms with Crippen molar-refractivity contribution in [2.24, 2.45) is 7.05 Å². The maximum Gasteiger partial charge on any atom is 0.274 e. The number of carbonyl (C=O) groups is 1. The van der Waals surface area contributed by atoms with Gasteiger partial charge in [-0.3, -0.25) is 9.48 Å². The summed E-state index contributed by atoms with van der Waals surface area (Å²) in [5, 5.41) is 15.2. The minimum Gasteiger partial charge on any atom is -0.388 e. The van der Waals surface area contributed by atoms with Gasteiger partial charge in [0, 0.05) is 26.7 Å². The number of likely N-dealkylation sites (tertiary alicyclic amines) is 1. The molecule has 1 aliphatic rings. The highest BCUT2D eigenvalue weighted by Crippen LogP contribution is 2.25. The summed E-state index contributed by atoms with van der Waals surface area (Å²) in [6.45, 7) is 1.84. The highest BCUT2D eigenvalue weighted by molar-refractivity contribution is 5.93. The van der Waals surface area contributed by atoms with Gasteiger partial charge < -0.3 is 14.9 Å². The maximum absolute atomic E-state index is 12.9. The number of benzene rings is 1. The van der Waals surface area contributed by atoms with Crippen LogP contribution in [0.15, 0.2) is 36.4 Å². The Morgan fingerprint density at radius 2 is 1.96 bits per heavy atom. The monoisotopic (exact) mass is 356 g/mol. The average Bonchev–Trinajstić information content (AvgIpc) is 2.88. The molecule has 0 spiro atoms. The summed E-state index contributed by atoms with van der Waals surface area (Å²) >= 11 is 0. The molecule has 26 heavy (non-hydrogen) atoms. The zero-order valence-corrected chi connectivity index (χ0v) is 15.9. The van der Waals surface area contributed by atoms with Crippen molar-refractivity contribution in [1.82, 2.24) is 19.6 Å². The average molecular weight is 356 g/mol. The van der Waals surface area contributed by atoms with Crippen LogP contribution in [0.1, 0.15) is 29.8 Å². The molecule has 0 saturated carbocycles. The number of hydrogen-bond donors (Lipinski definition) is 1. The number of aryl methyl sites for hydroxylation is 1. The van der Waals surface area contributed by atoms with E-state index in [1.807, 2.05) is 67.3 Å². The van der Waals surface area contributed by atoms with Crippen LogP contribution in [0.25, 0.3) is 11.3 Å². The lowest BCUT2D eigenvalue weighted by atomic mass is 9.94. The van der Waals surface area contributed by atoms with Crippen molar-refractivity contribution in [3.05, 3.63) is 42.1 Å². The van der Waals surface area contributed by atoms with Crippen LogP contribution in [0.5, 0.6) is 0 Å². The number of nitrogens with zero attached hydrogens (tertiary/aromatic N) is 4. The van der Waals surface area contributed by atoms with E-state index in [4.69, 9.17) is 0 Å². The van der Waals surface area contributed by atoms with Crippen LogP contribution in [0, 0.1) is 0 Å². The van der Waals surface area contributed by atoms with Crippen molar-refractivity contribution in [2.75, 3.05) is 33.7 Å². The summed E-state index contributed by atoms with van der Waals surface area (Å²) in [5.41, 5.74) is 1.70. The number of amides is 1. The topological polar surface area (TPSA) is 61.6 Å². The van der Waals surface area contributed by atoms with E-state index in [1.165, 1.54) is 0 Å². The second-order valence-corrected chi connectivity index (χ2v) is 7.51. The standard InChI is InChI=1S/C20H28N4O2/c1-22(2)15-20(26)10-7-12-24(13-11-20)19(25)17-14-18(23(3)21-17)16-8-5-4-6-9-16/h4-6,8-9,14,26H,7,10-13,15H2,1-3H3. The van der Waals surface area contributed by atoms with E-state index in [2.05, 4.69) is 5.10 Å². The number of likely N-dealkylation sites (N-methyl/N-ethyl adjacent to an activating group) is 1. The van der Waals surface area contributed by atoms with E-state index < -0.39 is 5.60 Å². The Balaban J connectivity index is 1.74. The molecule has 0 radical (unpaired) electrons. The zero-order chi connectivity index (χ0) is 18.7. The number of hydrogen-bond acceptors (Lipinski definition) is 4. The molecular weight excluding hydrogens is 328 g/mol. The predicted octanol–water partition coefficient (Wildman–Crippen LogP) is 2.01. The molecule has 0 aliphatic carbocycles. The molecule has 1 atom stereocenters. The smallest absolute Gasteiger partial charge is 0.274 e. The van der Waals surface area contributed by atoms with Crippen LogP contribution >= 0.6 is 0 Å². The summed E-state index contributed by atoms with van der Waals surface area (Å²) in [6, 6.07) is 11.8. The van der Waals surface area contributed by atoms with Gasteiger partial charge in [-0.2, -0.15) is 5.10 Å². The molecule has 1 amide bonds. The molecule has 1 N–H and O–H groups in total. The molecule has 1 aliphatic heterocycles. The molecule has 6 nitrogen and oxygen atoms in total. The highest BCUT2D eigenvalue weighted by atomic mass is 16.3. The van der Waals surface area contributed by atoms with Crippen molar-refractivity contribution in [3.63, 3.8) is 0 Å². The molecule has 3 rings (SSSR count). The van der Waals surface area contributed by atoms with Crippen molar-refractivity contribution >= 4 is 5.91 Å². The molecule has 1 aromatic heterocycles. The van der Waals surface area contributed by atoms with Crippen LogP contribution in [-0.4, -0.2) is 69.9 Å². The Morgan fingerprint density at radius 3 is 2.65 bits per heavy atom. The lowest BCUT2D eigenvalue weighted by molar-refractivity contribution is 0.00303. The third-order valence-electron chi connectivity index (χ3n) is 4.98. The molecule has 1 fully saturated rings. The fraction of sp³-hybridized carbons (Fsp3) is 0.500. The first kappa shape index (κ1) is 18.6. The first-order valence-electron chi connectivity index (χ1n) is 9.14. The second-order valence-electron chi connectivity index (χ2n) is 7.51. The van der Waals surface area contributed by atoms with Gasteiger partial charge in [0.05, 0.1) is 11.3 Å². The summed E-state index contributed by atoms with van der Waals surface area (Å²) < 4.78 is 1.75. The first-order chi connectivity index (χ1) is 12.4. The normalized spacial score (nSPS) is 21.0. The van der Waals surface area contributed by atoms with Crippen LogP contribution in [0.3, 0.4) is 0 Å². The van der Waals surface area contributed by atoms with E-state index in [9.17, 15) is 9.90 Å². The second kappa shape index (κ2) is 7.60. The highest BCUT2D eigenvalue weighted by Gasteiger charge is 2.32. The molecule has 1 saturated heterocycles. The molecular formula is C20H28N4O2. The van der Waals surface area contributed by atoms with E-state index in [0.29, 0.717) is 38.2 Å². The van der Waals surface area contributed by atoms with Gasteiger partial charge in [-0.1, -0.05) is 30.3 Å². The fourth-order valence-corrected chi connectivity index (χ4v) is 3.74. The van der Waals surface area contributed by atoms with Gasteiger partial charge in [0.2, 0.25) is 0 Å². The van der Waals surface area contributed by atoms with Gasteiger partial charge in [0.1, 0.15) is 0 Å². The predicted molar refractivity (Wildman–Crippen MR) is 102 cm³/mol. The van der Waals surface area contributed by atoms with Gasteiger partial charge in [-0.05, 0) is 45.0 Å². The first-order valence-corrected chi connectivity index (χ1v) is 9.14. The van der Waals surface area contributed by atoms with E-state index >= 15 is 0 Å². The molecule has 140 valence electrons. The summed E-state index contributed by atoms with van der Waals surface area (Å²) in [4.78, 5) is 16.8. The van der Waals surface area contributed by atoms with E-state index in [0.717, 1.165) is 17.7 Å². The lowest BCUT2D eigenvalue weighted by Crippen LogP contribution is -2.41. The Labute approximate surface area is 155 Å². The van der Waals surface area contributed by atoms with Crippen LogP contribution in [-0.2, 0) is 7.05 Å². The van der Waals surface area contributed by atoms with E-state index in [1.54, 1.807) is 4.68 Å². The van der Waals surface area contributed by atoms with Gasteiger partial charge >= 0.3 is 0 Å². The number of aromatic nitrogens is 2. The van der Waals surface area contributed by atoms with Gasteiger partial charge in [-0.15, -0.1) is 0 Å².